The largest absolute Gasteiger partial charge is 0.504 e. The Balaban J connectivity index is 3.24. The fourth-order valence-corrected chi connectivity index (χ4v) is 0.898. The van der Waals surface area contributed by atoms with E-state index in [0.29, 0.717) is 0 Å². The number of aliphatic carboxylic acids is 1. The van der Waals surface area contributed by atoms with Crippen molar-refractivity contribution in [3.8, 4) is 5.75 Å². The number of rotatable bonds is 2. The van der Waals surface area contributed by atoms with Crippen molar-refractivity contribution in [2.24, 2.45) is 0 Å². The summed E-state index contributed by atoms with van der Waals surface area (Å²) >= 11 is 0. The Morgan fingerprint density at radius 1 is 1.29 bits per heavy atom. The SMILES string of the molecule is O=C(O)/C=C/c1ccccc(=O)c1O. The molecule has 0 saturated heterocycles. The van der Waals surface area contributed by atoms with Crippen molar-refractivity contribution >= 4 is 12.0 Å². The zero-order valence-corrected chi connectivity index (χ0v) is 7.18. The van der Waals surface area contributed by atoms with Gasteiger partial charge in [-0.15, -0.1) is 0 Å². The lowest BCUT2D eigenvalue weighted by molar-refractivity contribution is -0.131. The molecule has 1 aromatic rings. The maximum atomic E-state index is 11.1. The molecule has 0 aliphatic rings. The number of carboxylic acid groups (broad SMARTS) is 1. The van der Waals surface area contributed by atoms with Crippen LogP contribution in [0.2, 0.25) is 0 Å². The average Bonchev–Trinajstić information content (AvgIpc) is 2.28. The average molecular weight is 192 g/mol. The number of carbonyl (C=O) groups is 1. The summed E-state index contributed by atoms with van der Waals surface area (Å²) in [6.45, 7) is 0. The van der Waals surface area contributed by atoms with E-state index in [1.54, 1.807) is 6.07 Å². The van der Waals surface area contributed by atoms with Crippen molar-refractivity contribution in [2.75, 3.05) is 0 Å². The summed E-state index contributed by atoms with van der Waals surface area (Å²) in [4.78, 5) is 21.3. The standard InChI is InChI=1S/C10H8O4/c11-8-4-2-1-3-7(10(8)14)5-6-9(12)13/h1-6H,(H,11,14)(H,12,13)/b6-5+. The second kappa shape index (κ2) is 4.23. The molecule has 0 unspecified atom stereocenters. The highest BCUT2D eigenvalue weighted by Gasteiger charge is 1.99. The molecule has 0 aromatic heterocycles. The Labute approximate surface area is 79.8 Å². The van der Waals surface area contributed by atoms with Gasteiger partial charge >= 0.3 is 5.97 Å². The van der Waals surface area contributed by atoms with Gasteiger partial charge in [0, 0.05) is 11.6 Å². The first-order valence-corrected chi connectivity index (χ1v) is 3.84. The summed E-state index contributed by atoms with van der Waals surface area (Å²) < 4.78 is 0. The van der Waals surface area contributed by atoms with Gasteiger partial charge in [-0.1, -0.05) is 18.2 Å². The molecule has 0 atom stereocenters. The van der Waals surface area contributed by atoms with Gasteiger partial charge in [0.25, 0.3) is 0 Å². The van der Waals surface area contributed by atoms with Crippen molar-refractivity contribution in [3.63, 3.8) is 0 Å². The van der Waals surface area contributed by atoms with Crippen molar-refractivity contribution in [3.05, 3.63) is 46.1 Å². The Kier molecular flexibility index (Phi) is 3.01. The van der Waals surface area contributed by atoms with E-state index in [-0.39, 0.29) is 5.56 Å². The maximum absolute atomic E-state index is 11.1. The first-order valence-electron chi connectivity index (χ1n) is 3.84. The van der Waals surface area contributed by atoms with Crippen molar-refractivity contribution in [1.29, 1.82) is 0 Å². The fraction of sp³-hybridized carbons (Fsp3) is 0. The van der Waals surface area contributed by atoms with Gasteiger partial charge in [0.2, 0.25) is 5.43 Å². The van der Waals surface area contributed by atoms with Gasteiger partial charge in [-0.05, 0) is 12.1 Å². The third-order valence-electron chi connectivity index (χ3n) is 1.55. The van der Waals surface area contributed by atoms with Gasteiger partial charge in [-0.3, -0.25) is 4.79 Å². The molecule has 0 aliphatic heterocycles. The third-order valence-corrected chi connectivity index (χ3v) is 1.55. The van der Waals surface area contributed by atoms with Gasteiger partial charge in [-0.2, -0.15) is 0 Å². The predicted octanol–water partition coefficient (Wildman–Crippen LogP) is 0.850. The van der Waals surface area contributed by atoms with Crippen LogP contribution in [0.5, 0.6) is 5.75 Å². The summed E-state index contributed by atoms with van der Waals surface area (Å²) in [5.74, 6) is -1.59. The van der Waals surface area contributed by atoms with Gasteiger partial charge in [0.05, 0.1) is 0 Å². The van der Waals surface area contributed by atoms with Gasteiger partial charge in [-0.25, -0.2) is 4.79 Å². The van der Waals surface area contributed by atoms with Crippen LogP contribution in [-0.2, 0) is 4.79 Å². The zero-order chi connectivity index (χ0) is 10.6. The van der Waals surface area contributed by atoms with E-state index in [4.69, 9.17) is 5.11 Å². The monoisotopic (exact) mass is 192 g/mol. The van der Waals surface area contributed by atoms with Crippen LogP contribution in [0.25, 0.3) is 6.08 Å². The third kappa shape index (κ3) is 2.45. The molecule has 0 heterocycles. The van der Waals surface area contributed by atoms with Crippen molar-refractivity contribution < 1.29 is 15.0 Å². The Morgan fingerprint density at radius 2 is 1.93 bits per heavy atom. The molecule has 1 rings (SSSR count). The molecule has 14 heavy (non-hydrogen) atoms. The van der Waals surface area contributed by atoms with E-state index < -0.39 is 17.1 Å². The number of carboxylic acids is 1. The predicted molar refractivity (Wildman–Crippen MR) is 51.0 cm³/mol. The summed E-state index contributed by atoms with van der Waals surface area (Å²) in [6.07, 6.45) is 2.02. The van der Waals surface area contributed by atoms with E-state index in [9.17, 15) is 14.7 Å². The molecule has 0 saturated carbocycles. The van der Waals surface area contributed by atoms with Gasteiger partial charge in [0.15, 0.2) is 5.75 Å². The minimum Gasteiger partial charge on any atom is -0.504 e. The lowest BCUT2D eigenvalue weighted by atomic mass is 10.2. The van der Waals surface area contributed by atoms with E-state index in [2.05, 4.69) is 0 Å². The first kappa shape index (κ1) is 9.98. The zero-order valence-electron chi connectivity index (χ0n) is 7.18. The normalized spacial score (nSPS) is 10.3. The van der Waals surface area contributed by atoms with Crippen LogP contribution in [0, 0.1) is 0 Å². The summed E-state index contributed by atoms with van der Waals surface area (Å²) in [5, 5.41) is 17.7. The number of aromatic hydroxyl groups is 1. The van der Waals surface area contributed by atoms with Crippen LogP contribution in [-0.4, -0.2) is 16.2 Å². The van der Waals surface area contributed by atoms with Crippen LogP contribution in [0.3, 0.4) is 0 Å². The van der Waals surface area contributed by atoms with E-state index in [1.165, 1.54) is 24.3 Å². The minimum atomic E-state index is -1.14. The topological polar surface area (TPSA) is 74.6 Å². The molecular formula is C10H8O4. The molecule has 1 aromatic carbocycles. The molecule has 4 heteroatoms. The lowest BCUT2D eigenvalue weighted by Crippen LogP contribution is -1.94. The van der Waals surface area contributed by atoms with E-state index in [1.807, 2.05) is 0 Å². The summed E-state index contributed by atoms with van der Waals surface area (Å²) in [5.41, 5.74) is -0.359. The molecule has 2 N–H and O–H groups in total. The van der Waals surface area contributed by atoms with E-state index >= 15 is 0 Å². The Bertz CT molecular complexity index is 434. The number of hydrogen-bond acceptors (Lipinski definition) is 3. The first-order chi connectivity index (χ1) is 6.61. The molecule has 0 radical (unpaired) electrons. The molecule has 0 fully saturated rings. The highest BCUT2D eigenvalue weighted by molar-refractivity contribution is 5.85. The smallest absolute Gasteiger partial charge is 0.328 e. The molecule has 72 valence electrons. The molecule has 4 nitrogen and oxygen atoms in total. The Morgan fingerprint density at radius 3 is 2.57 bits per heavy atom. The van der Waals surface area contributed by atoms with Crippen molar-refractivity contribution in [2.45, 2.75) is 0 Å². The summed E-state index contributed by atoms with van der Waals surface area (Å²) in [7, 11) is 0. The van der Waals surface area contributed by atoms with Crippen LogP contribution >= 0.6 is 0 Å². The minimum absolute atomic E-state index is 0.183. The molecule has 0 spiro atoms. The Hall–Kier alpha value is -2.10. The van der Waals surface area contributed by atoms with Crippen molar-refractivity contribution in [1.82, 2.24) is 0 Å². The quantitative estimate of drug-likeness (QED) is 0.681. The second-order valence-corrected chi connectivity index (χ2v) is 2.56. The lowest BCUT2D eigenvalue weighted by Gasteiger charge is -1.89. The van der Waals surface area contributed by atoms with Gasteiger partial charge < -0.3 is 10.2 Å². The summed E-state index contributed by atoms with van der Waals surface area (Å²) in [6, 6.07) is 5.67. The molecule has 0 amide bonds. The van der Waals surface area contributed by atoms with Crippen LogP contribution in [0.15, 0.2) is 35.1 Å². The van der Waals surface area contributed by atoms with Gasteiger partial charge in [0.1, 0.15) is 0 Å². The van der Waals surface area contributed by atoms with Crippen LogP contribution < -0.4 is 5.43 Å². The maximum Gasteiger partial charge on any atom is 0.328 e. The molecule has 0 aliphatic carbocycles. The van der Waals surface area contributed by atoms with E-state index in [0.717, 1.165) is 6.08 Å². The fourth-order valence-electron chi connectivity index (χ4n) is 0.898. The highest BCUT2D eigenvalue weighted by atomic mass is 16.4. The molecular weight excluding hydrogens is 184 g/mol. The molecule has 0 bridgehead atoms. The second-order valence-electron chi connectivity index (χ2n) is 2.56. The number of hydrogen-bond donors (Lipinski definition) is 2. The highest BCUT2D eigenvalue weighted by Crippen LogP contribution is 2.10. The van der Waals surface area contributed by atoms with Crippen LogP contribution in [0.1, 0.15) is 5.56 Å². The van der Waals surface area contributed by atoms with Crippen LogP contribution in [0.4, 0.5) is 0 Å².